The summed E-state index contributed by atoms with van der Waals surface area (Å²) < 4.78 is 5.45. The summed E-state index contributed by atoms with van der Waals surface area (Å²) in [6.45, 7) is 8.18. The number of benzene rings is 1. The van der Waals surface area contributed by atoms with E-state index in [0.29, 0.717) is 6.61 Å². The highest BCUT2D eigenvalue weighted by Gasteiger charge is 2.03. The zero-order valence-electron chi connectivity index (χ0n) is 9.36. The molecule has 0 unspecified atom stereocenters. The maximum Gasteiger partial charge on any atom is 0.119 e. The minimum absolute atomic E-state index is 0.375. The monoisotopic (exact) mass is 206 g/mol. The Kier molecular flexibility index (Phi) is 4.37. The molecule has 2 heteroatoms. The first-order valence-electron chi connectivity index (χ1n) is 5.18. The number of aliphatic hydroxyl groups excluding tert-OH is 1. The second-order valence-electron chi connectivity index (χ2n) is 3.74. The Morgan fingerprint density at radius 2 is 2.00 bits per heavy atom. The van der Waals surface area contributed by atoms with Gasteiger partial charge in [-0.3, -0.25) is 0 Å². The molecule has 0 heterocycles. The highest BCUT2D eigenvalue weighted by atomic mass is 16.5. The van der Waals surface area contributed by atoms with Crippen LogP contribution in [0.4, 0.5) is 0 Å². The Balaban J connectivity index is 2.60. The highest BCUT2D eigenvalue weighted by Crippen LogP contribution is 2.19. The molecule has 0 aromatic heterocycles. The van der Waals surface area contributed by atoms with Crippen LogP contribution in [-0.2, 0) is 0 Å². The van der Waals surface area contributed by atoms with E-state index in [2.05, 4.69) is 6.58 Å². The van der Waals surface area contributed by atoms with Crippen LogP contribution in [-0.4, -0.2) is 11.7 Å². The Morgan fingerprint density at radius 3 is 2.47 bits per heavy atom. The lowest BCUT2D eigenvalue weighted by molar-refractivity contribution is 0.173. The molecule has 0 amide bonds. The summed E-state index contributed by atoms with van der Waals surface area (Å²) in [5.74, 6) is 0.810. The average Bonchev–Trinajstić information content (AvgIpc) is 2.26. The van der Waals surface area contributed by atoms with Gasteiger partial charge < -0.3 is 9.84 Å². The molecule has 82 valence electrons. The molecular formula is C13H18O2. The minimum Gasteiger partial charge on any atom is -0.489 e. The van der Waals surface area contributed by atoms with Gasteiger partial charge in [0.25, 0.3) is 0 Å². The van der Waals surface area contributed by atoms with Gasteiger partial charge in [-0.15, -0.1) is 0 Å². The lowest BCUT2D eigenvalue weighted by atomic mass is 10.1. The summed E-state index contributed by atoms with van der Waals surface area (Å²) in [7, 11) is 0. The van der Waals surface area contributed by atoms with E-state index >= 15 is 0 Å². The van der Waals surface area contributed by atoms with E-state index in [-0.39, 0.29) is 6.10 Å². The number of aliphatic hydroxyl groups is 1. The topological polar surface area (TPSA) is 29.5 Å². The van der Waals surface area contributed by atoms with E-state index in [4.69, 9.17) is 4.74 Å². The fraction of sp³-hybridized carbons (Fsp3) is 0.385. The van der Waals surface area contributed by atoms with Gasteiger partial charge in [0.05, 0.1) is 6.10 Å². The standard InChI is InChI=1S/C13H18O2/c1-4-13(14)11-5-7-12(8-6-11)15-9-10(2)3/h5-8,13-14H,2,4,9H2,1,3H3/t13-/m0/s1. The van der Waals surface area contributed by atoms with Gasteiger partial charge in [-0.25, -0.2) is 0 Å². The first-order valence-corrected chi connectivity index (χ1v) is 5.18. The average molecular weight is 206 g/mol. The van der Waals surface area contributed by atoms with Crippen LogP contribution in [0.5, 0.6) is 5.75 Å². The van der Waals surface area contributed by atoms with Gasteiger partial charge >= 0.3 is 0 Å². The van der Waals surface area contributed by atoms with E-state index in [1.54, 1.807) is 0 Å². The third-order valence-electron chi connectivity index (χ3n) is 2.14. The first-order chi connectivity index (χ1) is 7.13. The fourth-order valence-electron chi connectivity index (χ4n) is 1.23. The highest BCUT2D eigenvalue weighted by molar-refractivity contribution is 5.28. The van der Waals surface area contributed by atoms with Gasteiger partial charge in [0.2, 0.25) is 0 Å². The van der Waals surface area contributed by atoms with E-state index < -0.39 is 0 Å². The minimum atomic E-state index is -0.375. The van der Waals surface area contributed by atoms with E-state index in [0.717, 1.165) is 23.3 Å². The normalized spacial score (nSPS) is 12.2. The number of hydrogen-bond acceptors (Lipinski definition) is 2. The smallest absolute Gasteiger partial charge is 0.119 e. The lowest BCUT2D eigenvalue weighted by Crippen LogP contribution is -1.98. The van der Waals surface area contributed by atoms with Crippen molar-refractivity contribution in [3.63, 3.8) is 0 Å². The van der Waals surface area contributed by atoms with Crippen LogP contribution in [0.3, 0.4) is 0 Å². The molecule has 0 radical (unpaired) electrons. The van der Waals surface area contributed by atoms with Crippen LogP contribution in [0, 0.1) is 0 Å². The molecule has 0 spiro atoms. The van der Waals surface area contributed by atoms with Crippen molar-refractivity contribution >= 4 is 0 Å². The largest absolute Gasteiger partial charge is 0.489 e. The van der Waals surface area contributed by atoms with Crippen LogP contribution in [0.15, 0.2) is 36.4 Å². The second-order valence-corrected chi connectivity index (χ2v) is 3.74. The Morgan fingerprint density at radius 1 is 1.40 bits per heavy atom. The third-order valence-corrected chi connectivity index (χ3v) is 2.14. The van der Waals surface area contributed by atoms with E-state index in [1.807, 2.05) is 38.1 Å². The van der Waals surface area contributed by atoms with Crippen molar-refractivity contribution in [2.24, 2.45) is 0 Å². The van der Waals surface area contributed by atoms with Crippen LogP contribution in [0.2, 0.25) is 0 Å². The molecule has 1 rings (SSSR count). The zero-order chi connectivity index (χ0) is 11.3. The van der Waals surface area contributed by atoms with Crippen molar-refractivity contribution in [3.05, 3.63) is 42.0 Å². The van der Waals surface area contributed by atoms with Crippen LogP contribution >= 0.6 is 0 Å². The molecule has 0 aliphatic rings. The van der Waals surface area contributed by atoms with Crippen molar-refractivity contribution in [2.75, 3.05) is 6.61 Å². The fourth-order valence-corrected chi connectivity index (χ4v) is 1.23. The first kappa shape index (κ1) is 11.8. The molecule has 1 atom stereocenters. The molecule has 0 aliphatic heterocycles. The third kappa shape index (κ3) is 3.76. The van der Waals surface area contributed by atoms with Gasteiger partial charge in [0.15, 0.2) is 0 Å². The lowest BCUT2D eigenvalue weighted by Gasteiger charge is -2.09. The number of hydrogen-bond donors (Lipinski definition) is 1. The molecule has 1 aromatic rings. The molecule has 0 saturated carbocycles. The number of ether oxygens (including phenoxy) is 1. The van der Waals surface area contributed by atoms with Gasteiger partial charge in [-0.1, -0.05) is 25.6 Å². The van der Waals surface area contributed by atoms with Gasteiger partial charge in [-0.05, 0) is 36.6 Å². The molecule has 15 heavy (non-hydrogen) atoms. The number of rotatable bonds is 5. The Labute approximate surface area is 91.2 Å². The predicted octanol–water partition coefficient (Wildman–Crippen LogP) is 3.08. The summed E-state index contributed by atoms with van der Waals surface area (Å²) in [5.41, 5.74) is 1.92. The van der Waals surface area contributed by atoms with Crippen LogP contribution < -0.4 is 4.74 Å². The van der Waals surface area contributed by atoms with Crippen LogP contribution in [0.1, 0.15) is 31.9 Å². The Bertz CT molecular complexity index is 314. The Hall–Kier alpha value is -1.28. The molecule has 0 saturated heterocycles. The molecule has 0 fully saturated rings. The maximum atomic E-state index is 9.58. The quantitative estimate of drug-likeness (QED) is 0.750. The zero-order valence-corrected chi connectivity index (χ0v) is 9.36. The van der Waals surface area contributed by atoms with Gasteiger partial charge in [-0.2, -0.15) is 0 Å². The summed E-state index contributed by atoms with van der Waals surface area (Å²) in [6.07, 6.45) is 0.353. The summed E-state index contributed by atoms with van der Waals surface area (Å²) in [5, 5.41) is 9.58. The second kappa shape index (κ2) is 5.56. The van der Waals surface area contributed by atoms with E-state index in [9.17, 15) is 5.11 Å². The summed E-state index contributed by atoms with van der Waals surface area (Å²) >= 11 is 0. The molecule has 1 N–H and O–H groups in total. The summed E-state index contributed by atoms with van der Waals surface area (Å²) in [4.78, 5) is 0. The SMILES string of the molecule is C=C(C)COc1ccc([C@@H](O)CC)cc1. The predicted molar refractivity (Wildman–Crippen MR) is 62.0 cm³/mol. The van der Waals surface area contributed by atoms with Crippen molar-refractivity contribution in [1.29, 1.82) is 0 Å². The van der Waals surface area contributed by atoms with E-state index in [1.165, 1.54) is 0 Å². The maximum absolute atomic E-state index is 9.58. The molecule has 0 aliphatic carbocycles. The molecule has 0 bridgehead atoms. The molecule has 2 nitrogen and oxygen atoms in total. The van der Waals surface area contributed by atoms with Crippen molar-refractivity contribution in [2.45, 2.75) is 26.4 Å². The van der Waals surface area contributed by atoms with Crippen molar-refractivity contribution in [1.82, 2.24) is 0 Å². The van der Waals surface area contributed by atoms with Gasteiger partial charge in [0.1, 0.15) is 12.4 Å². The van der Waals surface area contributed by atoms with Crippen LogP contribution in [0.25, 0.3) is 0 Å². The van der Waals surface area contributed by atoms with Crippen molar-refractivity contribution in [3.8, 4) is 5.75 Å². The summed E-state index contributed by atoms with van der Waals surface area (Å²) in [6, 6.07) is 7.53. The molecular weight excluding hydrogens is 188 g/mol. The van der Waals surface area contributed by atoms with Gasteiger partial charge in [0, 0.05) is 0 Å². The van der Waals surface area contributed by atoms with Crippen molar-refractivity contribution < 1.29 is 9.84 Å². The molecule has 1 aromatic carbocycles.